The van der Waals surface area contributed by atoms with E-state index in [1.807, 2.05) is 92.7 Å². The molecular weight excluding hydrogens is 498 g/mol. The van der Waals surface area contributed by atoms with Gasteiger partial charge in [0.15, 0.2) is 0 Å². The molecule has 7 heteroatoms. The van der Waals surface area contributed by atoms with Gasteiger partial charge in [-0.2, -0.15) is 9.78 Å². The Morgan fingerprint density at radius 2 is 1.39 bits per heavy atom. The Morgan fingerprint density at radius 1 is 0.789 bits per heavy atom. The van der Waals surface area contributed by atoms with Gasteiger partial charge >= 0.3 is 6.03 Å². The van der Waals surface area contributed by atoms with Crippen molar-refractivity contribution >= 4 is 23.3 Å². The second kappa shape index (κ2) is 11.2. The van der Waals surface area contributed by atoms with Crippen LogP contribution in [0.1, 0.15) is 13.8 Å². The summed E-state index contributed by atoms with van der Waals surface area (Å²) in [6.45, 7) is 3.97. The molecule has 38 heavy (non-hydrogen) atoms. The zero-order chi connectivity index (χ0) is 26.5. The van der Waals surface area contributed by atoms with Crippen LogP contribution in [0.5, 0.6) is 17.2 Å². The predicted molar refractivity (Wildman–Crippen MR) is 151 cm³/mol. The first-order valence-corrected chi connectivity index (χ1v) is 12.6. The van der Waals surface area contributed by atoms with Crippen molar-refractivity contribution in [2.24, 2.45) is 0 Å². The summed E-state index contributed by atoms with van der Waals surface area (Å²) >= 11 is 6.08. The van der Waals surface area contributed by atoms with Gasteiger partial charge in [-0.25, -0.2) is 4.79 Å². The van der Waals surface area contributed by atoms with E-state index in [9.17, 15) is 4.79 Å². The minimum atomic E-state index is -0.378. The summed E-state index contributed by atoms with van der Waals surface area (Å²) in [6.07, 6.45) is 1.85. The molecule has 0 radical (unpaired) electrons. The third-order valence-corrected chi connectivity index (χ3v) is 5.91. The van der Waals surface area contributed by atoms with Crippen molar-refractivity contribution < 1.29 is 14.3 Å². The van der Waals surface area contributed by atoms with Gasteiger partial charge < -0.3 is 14.8 Å². The molecule has 1 heterocycles. The van der Waals surface area contributed by atoms with E-state index in [2.05, 4.69) is 10.4 Å². The summed E-state index contributed by atoms with van der Waals surface area (Å²) in [5.41, 5.74) is 3.98. The van der Waals surface area contributed by atoms with Crippen LogP contribution in [0.25, 0.3) is 22.4 Å². The van der Waals surface area contributed by atoms with E-state index < -0.39 is 0 Å². The lowest BCUT2D eigenvalue weighted by molar-refractivity contribution is 0.242. The number of carbonyl (C=O) groups excluding carboxylic acids is 1. The minimum Gasteiger partial charge on any atom is -0.491 e. The molecule has 4 aromatic carbocycles. The molecule has 1 N–H and O–H groups in total. The normalized spacial score (nSPS) is 10.8. The third kappa shape index (κ3) is 6.05. The van der Waals surface area contributed by atoms with Gasteiger partial charge in [-0.15, -0.1) is 0 Å². The van der Waals surface area contributed by atoms with Crippen molar-refractivity contribution in [2.45, 2.75) is 20.0 Å². The van der Waals surface area contributed by atoms with Crippen LogP contribution in [-0.2, 0) is 0 Å². The molecule has 0 spiro atoms. The van der Waals surface area contributed by atoms with Gasteiger partial charge in [0.1, 0.15) is 22.9 Å². The van der Waals surface area contributed by atoms with Gasteiger partial charge in [0, 0.05) is 28.0 Å². The number of hydrogen-bond acceptors (Lipinski definition) is 4. The molecule has 0 fully saturated rings. The standard InChI is InChI=1S/C31H26ClN3O3/c1-21(2)37-26-16-18-28(19-17-26)38-27-14-12-25(13-15-27)33-31(36)35-20-29(22-6-4-3-5-7-22)30(34-35)23-8-10-24(32)11-9-23/h3-21H,1-2H3,(H,33,36). The molecule has 0 aliphatic rings. The summed E-state index contributed by atoms with van der Waals surface area (Å²) in [7, 11) is 0. The van der Waals surface area contributed by atoms with E-state index in [1.165, 1.54) is 4.68 Å². The number of aromatic nitrogens is 2. The summed E-state index contributed by atoms with van der Waals surface area (Å²) in [4.78, 5) is 13.1. The van der Waals surface area contributed by atoms with Gasteiger partial charge in [-0.1, -0.05) is 54.1 Å². The Bertz CT molecular complexity index is 1510. The molecule has 0 bridgehead atoms. The van der Waals surface area contributed by atoms with Crippen molar-refractivity contribution in [1.82, 2.24) is 9.78 Å². The van der Waals surface area contributed by atoms with Gasteiger partial charge in [-0.05, 0) is 80.1 Å². The molecule has 0 aliphatic carbocycles. The zero-order valence-electron chi connectivity index (χ0n) is 21.0. The Kier molecular flexibility index (Phi) is 7.43. The smallest absolute Gasteiger partial charge is 0.346 e. The Morgan fingerprint density at radius 3 is 2.03 bits per heavy atom. The van der Waals surface area contributed by atoms with Crippen molar-refractivity contribution in [3.05, 3.63) is 114 Å². The molecule has 5 rings (SSSR count). The molecule has 190 valence electrons. The first-order chi connectivity index (χ1) is 18.4. The number of nitrogens with zero attached hydrogens (tertiary/aromatic N) is 2. The van der Waals surface area contributed by atoms with E-state index >= 15 is 0 Å². The van der Waals surface area contributed by atoms with Gasteiger partial charge in [0.05, 0.1) is 6.10 Å². The van der Waals surface area contributed by atoms with Crippen LogP contribution in [0.4, 0.5) is 10.5 Å². The van der Waals surface area contributed by atoms with Crippen molar-refractivity contribution in [3.63, 3.8) is 0 Å². The van der Waals surface area contributed by atoms with Crippen LogP contribution < -0.4 is 14.8 Å². The summed E-state index contributed by atoms with van der Waals surface area (Å²) in [5, 5.41) is 8.14. The highest BCUT2D eigenvalue weighted by atomic mass is 35.5. The number of halogens is 1. The van der Waals surface area contributed by atoms with Crippen LogP contribution in [0.2, 0.25) is 5.02 Å². The molecular formula is C31H26ClN3O3. The largest absolute Gasteiger partial charge is 0.491 e. The molecule has 0 aliphatic heterocycles. The molecule has 6 nitrogen and oxygen atoms in total. The lowest BCUT2D eigenvalue weighted by Crippen LogP contribution is -2.19. The number of carbonyl (C=O) groups is 1. The second-order valence-corrected chi connectivity index (χ2v) is 9.34. The van der Waals surface area contributed by atoms with Crippen LogP contribution in [0.15, 0.2) is 109 Å². The fourth-order valence-electron chi connectivity index (χ4n) is 3.91. The maximum absolute atomic E-state index is 13.1. The van der Waals surface area contributed by atoms with Crippen molar-refractivity contribution in [1.29, 1.82) is 0 Å². The first kappa shape index (κ1) is 25.1. The highest BCUT2D eigenvalue weighted by molar-refractivity contribution is 6.30. The maximum Gasteiger partial charge on any atom is 0.346 e. The topological polar surface area (TPSA) is 65.4 Å². The van der Waals surface area contributed by atoms with Crippen LogP contribution in [0.3, 0.4) is 0 Å². The lowest BCUT2D eigenvalue weighted by atomic mass is 10.0. The number of ether oxygens (including phenoxy) is 2. The SMILES string of the molecule is CC(C)Oc1ccc(Oc2ccc(NC(=O)n3cc(-c4ccccc4)c(-c4ccc(Cl)cc4)n3)cc2)cc1. The van der Waals surface area contributed by atoms with E-state index in [1.54, 1.807) is 30.5 Å². The number of anilines is 1. The average molecular weight is 524 g/mol. The first-order valence-electron chi connectivity index (χ1n) is 12.2. The molecule has 5 aromatic rings. The Hall–Kier alpha value is -4.55. The number of rotatable bonds is 7. The lowest BCUT2D eigenvalue weighted by Gasteiger charge is -2.11. The van der Waals surface area contributed by atoms with Gasteiger partial charge in [-0.3, -0.25) is 0 Å². The average Bonchev–Trinajstić information content (AvgIpc) is 3.37. The third-order valence-electron chi connectivity index (χ3n) is 5.66. The van der Waals surface area contributed by atoms with Gasteiger partial charge in [0.25, 0.3) is 0 Å². The van der Waals surface area contributed by atoms with E-state index in [-0.39, 0.29) is 12.1 Å². The van der Waals surface area contributed by atoms with E-state index in [0.29, 0.717) is 27.9 Å². The number of benzene rings is 4. The predicted octanol–water partition coefficient (Wildman–Crippen LogP) is 8.53. The highest BCUT2D eigenvalue weighted by Crippen LogP contribution is 2.32. The van der Waals surface area contributed by atoms with E-state index in [4.69, 9.17) is 21.1 Å². The highest BCUT2D eigenvalue weighted by Gasteiger charge is 2.17. The number of nitrogens with one attached hydrogen (secondary N) is 1. The number of hydrogen-bond donors (Lipinski definition) is 1. The molecule has 0 saturated heterocycles. The Balaban J connectivity index is 1.31. The van der Waals surface area contributed by atoms with Crippen molar-refractivity contribution in [3.8, 4) is 39.6 Å². The maximum atomic E-state index is 13.1. The number of amides is 1. The van der Waals surface area contributed by atoms with E-state index in [0.717, 1.165) is 22.4 Å². The molecule has 0 saturated carbocycles. The quantitative estimate of drug-likeness (QED) is 0.232. The van der Waals surface area contributed by atoms with Gasteiger partial charge in [0.2, 0.25) is 0 Å². The monoisotopic (exact) mass is 523 g/mol. The van der Waals surface area contributed by atoms with Crippen LogP contribution in [0, 0.1) is 0 Å². The van der Waals surface area contributed by atoms with Crippen molar-refractivity contribution in [2.75, 3.05) is 5.32 Å². The van der Waals surface area contributed by atoms with Crippen LogP contribution in [-0.4, -0.2) is 21.9 Å². The minimum absolute atomic E-state index is 0.111. The molecule has 1 amide bonds. The Labute approximate surface area is 226 Å². The fourth-order valence-corrected chi connectivity index (χ4v) is 4.04. The fraction of sp³-hybridized carbons (Fsp3) is 0.0968. The molecule has 0 unspecified atom stereocenters. The summed E-state index contributed by atoms with van der Waals surface area (Å²) < 4.78 is 12.9. The van der Waals surface area contributed by atoms with Crippen LogP contribution >= 0.6 is 11.6 Å². The molecule has 1 aromatic heterocycles. The summed E-state index contributed by atoms with van der Waals surface area (Å²) in [5.74, 6) is 2.13. The summed E-state index contributed by atoms with van der Waals surface area (Å²) in [6, 6.07) is 31.5. The zero-order valence-corrected chi connectivity index (χ0v) is 21.7. The second-order valence-electron chi connectivity index (χ2n) is 8.90. The molecule has 0 atom stereocenters.